The first-order chi connectivity index (χ1) is 7.34. The quantitative estimate of drug-likeness (QED) is 0.815. The Bertz CT molecular complexity index is 377. The number of benzene rings is 1. The van der Waals surface area contributed by atoms with Crippen LogP contribution < -0.4 is 11.1 Å². The Morgan fingerprint density at radius 3 is 2.19 bits per heavy atom. The summed E-state index contributed by atoms with van der Waals surface area (Å²) in [6.45, 7) is 8.21. The van der Waals surface area contributed by atoms with Gasteiger partial charge in [-0.25, -0.2) is 0 Å². The molecule has 0 heterocycles. The maximum atomic E-state index is 12.0. The van der Waals surface area contributed by atoms with Crippen molar-refractivity contribution in [3.05, 3.63) is 34.9 Å². The maximum Gasteiger partial charge on any atom is 0.251 e. The Hall–Kier alpha value is -1.35. The highest BCUT2D eigenvalue weighted by Gasteiger charge is 2.19. The molecule has 0 aliphatic carbocycles. The van der Waals surface area contributed by atoms with Crippen LogP contribution in [0.15, 0.2) is 18.2 Å². The average molecular weight is 220 g/mol. The summed E-state index contributed by atoms with van der Waals surface area (Å²) in [6, 6.07) is 5.81. The van der Waals surface area contributed by atoms with E-state index >= 15 is 0 Å². The molecule has 0 saturated heterocycles. The first-order valence-electron chi connectivity index (χ1n) is 5.45. The molecule has 16 heavy (non-hydrogen) atoms. The summed E-state index contributed by atoms with van der Waals surface area (Å²) >= 11 is 0. The van der Waals surface area contributed by atoms with Gasteiger partial charge < -0.3 is 11.1 Å². The van der Waals surface area contributed by atoms with Crippen molar-refractivity contribution in [1.29, 1.82) is 0 Å². The van der Waals surface area contributed by atoms with E-state index in [1.165, 1.54) is 0 Å². The lowest BCUT2D eigenvalue weighted by molar-refractivity contribution is 0.0915. The van der Waals surface area contributed by atoms with Crippen molar-refractivity contribution in [2.24, 2.45) is 5.73 Å². The zero-order chi connectivity index (χ0) is 12.3. The monoisotopic (exact) mass is 220 g/mol. The van der Waals surface area contributed by atoms with Crippen LogP contribution in [0.5, 0.6) is 0 Å². The third-order valence-electron chi connectivity index (χ3n) is 2.45. The first-order valence-corrected chi connectivity index (χ1v) is 5.45. The van der Waals surface area contributed by atoms with Gasteiger partial charge in [-0.05, 0) is 39.8 Å². The van der Waals surface area contributed by atoms with Crippen LogP contribution in [0.1, 0.15) is 35.3 Å². The molecule has 3 N–H and O–H groups in total. The fourth-order valence-corrected chi connectivity index (χ4v) is 1.54. The highest BCUT2D eigenvalue weighted by Crippen LogP contribution is 2.10. The van der Waals surface area contributed by atoms with Crippen molar-refractivity contribution < 1.29 is 4.79 Å². The van der Waals surface area contributed by atoms with E-state index in [2.05, 4.69) is 5.32 Å². The van der Waals surface area contributed by atoms with Gasteiger partial charge in [0.05, 0.1) is 0 Å². The van der Waals surface area contributed by atoms with Gasteiger partial charge in [-0.15, -0.1) is 0 Å². The number of carbonyl (C=O) groups excluding carboxylic acids is 1. The molecule has 3 nitrogen and oxygen atoms in total. The zero-order valence-corrected chi connectivity index (χ0v) is 10.4. The number of carbonyl (C=O) groups is 1. The largest absolute Gasteiger partial charge is 0.346 e. The minimum Gasteiger partial charge on any atom is -0.346 e. The SMILES string of the molecule is Cc1cc(C)cc(C(=O)NC(C)(C)CN)c1. The predicted molar refractivity (Wildman–Crippen MR) is 66.5 cm³/mol. The zero-order valence-electron chi connectivity index (χ0n) is 10.4. The molecule has 1 aromatic rings. The van der Waals surface area contributed by atoms with Crippen molar-refractivity contribution in [2.75, 3.05) is 6.54 Å². The third-order valence-corrected chi connectivity index (χ3v) is 2.45. The molecular formula is C13H20N2O. The lowest BCUT2D eigenvalue weighted by atomic mass is 10.0. The lowest BCUT2D eigenvalue weighted by Crippen LogP contribution is -2.48. The molecule has 0 saturated carbocycles. The molecule has 1 amide bonds. The second kappa shape index (κ2) is 4.66. The van der Waals surface area contributed by atoms with E-state index in [4.69, 9.17) is 5.73 Å². The Morgan fingerprint density at radius 1 is 1.25 bits per heavy atom. The fourth-order valence-electron chi connectivity index (χ4n) is 1.54. The number of aryl methyl sites for hydroxylation is 2. The Labute approximate surface area is 97.0 Å². The molecule has 0 aliphatic rings. The van der Waals surface area contributed by atoms with E-state index in [0.29, 0.717) is 12.1 Å². The second-order valence-corrected chi connectivity index (χ2v) is 4.92. The topological polar surface area (TPSA) is 55.1 Å². The summed E-state index contributed by atoms with van der Waals surface area (Å²) in [6.07, 6.45) is 0. The number of hydrogen-bond donors (Lipinski definition) is 2. The molecule has 0 fully saturated rings. The van der Waals surface area contributed by atoms with Crippen molar-refractivity contribution >= 4 is 5.91 Å². The van der Waals surface area contributed by atoms with Gasteiger partial charge in [0.2, 0.25) is 0 Å². The Morgan fingerprint density at radius 2 is 1.75 bits per heavy atom. The highest BCUT2D eigenvalue weighted by molar-refractivity contribution is 5.95. The maximum absolute atomic E-state index is 12.0. The van der Waals surface area contributed by atoms with Crippen LogP contribution in [0, 0.1) is 13.8 Å². The van der Waals surface area contributed by atoms with E-state index in [-0.39, 0.29) is 11.4 Å². The van der Waals surface area contributed by atoms with Gasteiger partial charge in [0.1, 0.15) is 0 Å². The minimum atomic E-state index is -0.366. The molecule has 0 spiro atoms. The molecular weight excluding hydrogens is 200 g/mol. The van der Waals surface area contributed by atoms with Crippen molar-refractivity contribution in [3.8, 4) is 0 Å². The van der Waals surface area contributed by atoms with Crippen LogP contribution in [0.25, 0.3) is 0 Å². The van der Waals surface area contributed by atoms with Gasteiger partial charge in [0.15, 0.2) is 0 Å². The number of hydrogen-bond acceptors (Lipinski definition) is 2. The number of rotatable bonds is 3. The smallest absolute Gasteiger partial charge is 0.251 e. The molecule has 1 rings (SSSR count). The van der Waals surface area contributed by atoms with Gasteiger partial charge in [-0.2, -0.15) is 0 Å². The first kappa shape index (κ1) is 12.7. The predicted octanol–water partition coefficient (Wildman–Crippen LogP) is 1.77. The molecule has 0 aliphatic heterocycles. The van der Waals surface area contributed by atoms with E-state index < -0.39 is 0 Å². The standard InChI is InChI=1S/C13H20N2O/c1-9-5-10(2)7-11(6-9)12(16)15-13(3,4)8-14/h5-7H,8,14H2,1-4H3,(H,15,16). The van der Waals surface area contributed by atoms with E-state index in [1.807, 2.05) is 45.9 Å². The van der Waals surface area contributed by atoms with Gasteiger partial charge in [-0.1, -0.05) is 17.2 Å². The molecule has 0 aromatic heterocycles. The molecule has 0 bridgehead atoms. The van der Waals surface area contributed by atoms with Gasteiger partial charge in [0, 0.05) is 17.6 Å². The van der Waals surface area contributed by atoms with Crippen LogP contribution in [0.3, 0.4) is 0 Å². The van der Waals surface area contributed by atoms with Crippen LogP contribution in [0.2, 0.25) is 0 Å². The summed E-state index contributed by atoms with van der Waals surface area (Å²) in [4.78, 5) is 12.0. The average Bonchev–Trinajstić information content (AvgIpc) is 2.15. The summed E-state index contributed by atoms with van der Waals surface area (Å²) in [5.74, 6) is -0.0674. The Balaban J connectivity index is 2.89. The van der Waals surface area contributed by atoms with Crippen LogP contribution in [-0.4, -0.2) is 18.0 Å². The number of amides is 1. The number of nitrogens with two attached hydrogens (primary N) is 1. The van der Waals surface area contributed by atoms with Crippen LogP contribution >= 0.6 is 0 Å². The van der Waals surface area contributed by atoms with Crippen LogP contribution in [-0.2, 0) is 0 Å². The molecule has 0 atom stereocenters. The molecule has 3 heteroatoms. The lowest BCUT2D eigenvalue weighted by Gasteiger charge is -2.24. The minimum absolute atomic E-state index is 0.0674. The third kappa shape index (κ3) is 3.35. The molecule has 1 aromatic carbocycles. The van der Waals surface area contributed by atoms with E-state index in [9.17, 15) is 4.79 Å². The fraction of sp³-hybridized carbons (Fsp3) is 0.462. The van der Waals surface area contributed by atoms with E-state index in [0.717, 1.165) is 11.1 Å². The van der Waals surface area contributed by atoms with E-state index in [1.54, 1.807) is 0 Å². The summed E-state index contributed by atoms with van der Waals surface area (Å²) in [5.41, 5.74) is 8.09. The van der Waals surface area contributed by atoms with Crippen molar-refractivity contribution in [2.45, 2.75) is 33.2 Å². The van der Waals surface area contributed by atoms with Gasteiger partial charge >= 0.3 is 0 Å². The van der Waals surface area contributed by atoms with Gasteiger partial charge in [0.25, 0.3) is 5.91 Å². The Kier molecular flexibility index (Phi) is 3.70. The normalized spacial score (nSPS) is 11.3. The summed E-state index contributed by atoms with van der Waals surface area (Å²) < 4.78 is 0. The summed E-state index contributed by atoms with van der Waals surface area (Å²) in [5, 5.41) is 2.91. The second-order valence-electron chi connectivity index (χ2n) is 4.92. The van der Waals surface area contributed by atoms with Crippen LogP contribution in [0.4, 0.5) is 0 Å². The van der Waals surface area contributed by atoms with Crippen molar-refractivity contribution in [1.82, 2.24) is 5.32 Å². The van der Waals surface area contributed by atoms with Crippen molar-refractivity contribution in [3.63, 3.8) is 0 Å². The van der Waals surface area contributed by atoms with Gasteiger partial charge in [-0.3, -0.25) is 4.79 Å². The highest BCUT2D eigenvalue weighted by atomic mass is 16.1. The molecule has 88 valence electrons. The molecule has 0 radical (unpaired) electrons. The summed E-state index contributed by atoms with van der Waals surface area (Å²) in [7, 11) is 0. The number of nitrogens with one attached hydrogen (secondary N) is 1. The molecule has 0 unspecified atom stereocenters.